The van der Waals surface area contributed by atoms with Crippen molar-refractivity contribution in [3.63, 3.8) is 0 Å². The Balaban J connectivity index is 1.96. The van der Waals surface area contributed by atoms with E-state index in [1.807, 2.05) is 6.07 Å². The lowest BCUT2D eigenvalue weighted by Gasteiger charge is -2.38. The Labute approximate surface area is 114 Å². The molecule has 2 heteroatoms. The van der Waals surface area contributed by atoms with E-state index in [2.05, 4.69) is 60.4 Å². The number of hydrogen-bond acceptors (Lipinski definition) is 2. The number of hydrogen-bond donors (Lipinski definition) is 0. The Kier molecular flexibility index (Phi) is 3.51. The van der Waals surface area contributed by atoms with Crippen LogP contribution in [0.25, 0.3) is 0 Å². The molecule has 2 aromatic carbocycles. The lowest BCUT2D eigenvalue weighted by Crippen LogP contribution is -2.37. The Morgan fingerprint density at radius 1 is 1.00 bits per heavy atom. The average molecular weight is 253 g/mol. The van der Waals surface area contributed by atoms with E-state index in [4.69, 9.17) is 4.74 Å². The van der Waals surface area contributed by atoms with Crippen LogP contribution in [0, 0.1) is 6.92 Å². The molecular weight excluding hydrogens is 234 g/mol. The molecule has 2 nitrogen and oxygen atoms in total. The van der Waals surface area contributed by atoms with Crippen LogP contribution >= 0.6 is 0 Å². The summed E-state index contributed by atoms with van der Waals surface area (Å²) in [5, 5.41) is 0. The molecule has 1 aliphatic rings. The van der Waals surface area contributed by atoms with Crippen LogP contribution in [0.1, 0.15) is 23.8 Å². The van der Waals surface area contributed by atoms with Crippen LogP contribution in [0.15, 0.2) is 54.6 Å². The number of rotatable bonds is 2. The highest BCUT2D eigenvalue weighted by atomic mass is 16.5. The molecule has 0 spiro atoms. The van der Waals surface area contributed by atoms with Gasteiger partial charge in [0.2, 0.25) is 0 Å². The third kappa shape index (κ3) is 2.49. The molecule has 0 aliphatic carbocycles. The van der Waals surface area contributed by atoms with Gasteiger partial charge in [-0.1, -0.05) is 48.5 Å². The summed E-state index contributed by atoms with van der Waals surface area (Å²) in [6.07, 6.45) is 1.12. The van der Waals surface area contributed by atoms with Gasteiger partial charge in [-0.2, -0.15) is 0 Å². The Hall–Kier alpha value is -1.80. The summed E-state index contributed by atoms with van der Waals surface area (Å²) in [7, 11) is 0. The average Bonchev–Trinajstić information content (AvgIpc) is 2.49. The molecule has 0 amide bonds. The van der Waals surface area contributed by atoms with Crippen molar-refractivity contribution >= 4 is 5.69 Å². The monoisotopic (exact) mass is 253 g/mol. The maximum Gasteiger partial charge on any atom is 0.156 e. The molecule has 2 aromatic rings. The zero-order valence-corrected chi connectivity index (χ0v) is 11.3. The van der Waals surface area contributed by atoms with Crippen molar-refractivity contribution in [1.29, 1.82) is 0 Å². The van der Waals surface area contributed by atoms with Gasteiger partial charge in [0.1, 0.15) is 0 Å². The van der Waals surface area contributed by atoms with Crippen LogP contribution < -0.4 is 4.90 Å². The van der Waals surface area contributed by atoms with Crippen LogP contribution in [-0.2, 0) is 4.74 Å². The van der Waals surface area contributed by atoms with E-state index in [9.17, 15) is 0 Å². The SMILES string of the molecule is Cc1ccccc1N1CCCOC1c1ccccc1. The number of ether oxygens (including phenoxy) is 1. The van der Waals surface area contributed by atoms with E-state index in [1.54, 1.807) is 0 Å². The minimum Gasteiger partial charge on any atom is -0.354 e. The maximum absolute atomic E-state index is 6.01. The first-order valence-electron chi connectivity index (χ1n) is 6.85. The van der Waals surface area contributed by atoms with E-state index < -0.39 is 0 Å². The standard InChI is InChI=1S/C17H19NO/c1-14-8-5-6-11-16(14)18-12-7-13-19-17(18)15-9-3-2-4-10-15/h2-6,8-11,17H,7,12-13H2,1H3. The minimum atomic E-state index is 0.0380. The Bertz CT molecular complexity index is 538. The topological polar surface area (TPSA) is 12.5 Å². The van der Waals surface area contributed by atoms with E-state index in [1.165, 1.54) is 16.8 Å². The third-order valence-electron chi connectivity index (χ3n) is 3.61. The summed E-state index contributed by atoms with van der Waals surface area (Å²) in [5.41, 5.74) is 3.80. The fourth-order valence-electron chi connectivity index (χ4n) is 2.66. The number of para-hydroxylation sites is 1. The summed E-state index contributed by atoms with van der Waals surface area (Å²) in [6.45, 7) is 4.04. The van der Waals surface area contributed by atoms with Gasteiger partial charge in [-0.05, 0) is 25.0 Å². The Morgan fingerprint density at radius 3 is 2.53 bits per heavy atom. The van der Waals surface area contributed by atoms with E-state index >= 15 is 0 Å². The molecule has 1 heterocycles. The Morgan fingerprint density at radius 2 is 1.74 bits per heavy atom. The van der Waals surface area contributed by atoms with Gasteiger partial charge in [-0.3, -0.25) is 0 Å². The zero-order chi connectivity index (χ0) is 13.1. The molecular formula is C17H19NO. The highest BCUT2D eigenvalue weighted by Crippen LogP contribution is 2.32. The van der Waals surface area contributed by atoms with Crippen LogP contribution in [0.4, 0.5) is 5.69 Å². The molecule has 0 aromatic heterocycles. The van der Waals surface area contributed by atoms with Crippen molar-refractivity contribution < 1.29 is 4.74 Å². The van der Waals surface area contributed by atoms with Crippen molar-refractivity contribution in [3.05, 3.63) is 65.7 Å². The number of benzene rings is 2. The van der Waals surface area contributed by atoms with Crippen molar-refractivity contribution in [2.45, 2.75) is 19.6 Å². The van der Waals surface area contributed by atoms with Crippen LogP contribution in [-0.4, -0.2) is 13.2 Å². The first-order chi connectivity index (χ1) is 9.36. The van der Waals surface area contributed by atoms with E-state index in [0.717, 1.165) is 19.6 Å². The fourth-order valence-corrected chi connectivity index (χ4v) is 2.66. The van der Waals surface area contributed by atoms with Gasteiger partial charge < -0.3 is 9.64 Å². The molecule has 1 saturated heterocycles. The molecule has 0 saturated carbocycles. The third-order valence-corrected chi connectivity index (χ3v) is 3.61. The minimum absolute atomic E-state index is 0.0380. The molecule has 3 rings (SSSR count). The molecule has 1 aliphatic heterocycles. The summed E-state index contributed by atoms with van der Waals surface area (Å²) < 4.78 is 6.01. The number of nitrogens with zero attached hydrogens (tertiary/aromatic N) is 1. The molecule has 0 radical (unpaired) electrons. The van der Waals surface area contributed by atoms with Gasteiger partial charge in [-0.15, -0.1) is 0 Å². The van der Waals surface area contributed by atoms with Crippen LogP contribution in [0.2, 0.25) is 0 Å². The van der Waals surface area contributed by atoms with Gasteiger partial charge in [0.25, 0.3) is 0 Å². The predicted octanol–water partition coefficient (Wildman–Crippen LogP) is 3.92. The smallest absolute Gasteiger partial charge is 0.156 e. The fraction of sp³-hybridized carbons (Fsp3) is 0.294. The summed E-state index contributed by atoms with van der Waals surface area (Å²) in [4.78, 5) is 2.37. The second-order valence-electron chi connectivity index (χ2n) is 4.97. The van der Waals surface area contributed by atoms with Gasteiger partial charge in [0, 0.05) is 17.8 Å². The first-order valence-corrected chi connectivity index (χ1v) is 6.85. The quantitative estimate of drug-likeness (QED) is 0.804. The van der Waals surface area contributed by atoms with Crippen molar-refractivity contribution in [1.82, 2.24) is 0 Å². The molecule has 19 heavy (non-hydrogen) atoms. The normalized spacial score (nSPS) is 19.4. The first kappa shape index (κ1) is 12.2. The highest BCUT2D eigenvalue weighted by molar-refractivity contribution is 5.54. The van der Waals surface area contributed by atoms with Gasteiger partial charge in [0.05, 0.1) is 6.61 Å². The molecule has 0 bridgehead atoms. The summed E-state index contributed by atoms with van der Waals surface area (Å²) in [5.74, 6) is 0. The zero-order valence-electron chi connectivity index (χ0n) is 11.3. The second-order valence-corrected chi connectivity index (χ2v) is 4.97. The molecule has 1 fully saturated rings. The van der Waals surface area contributed by atoms with Crippen LogP contribution in [0.5, 0.6) is 0 Å². The lowest BCUT2D eigenvalue weighted by atomic mass is 10.1. The highest BCUT2D eigenvalue weighted by Gasteiger charge is 2.25. The summed E-state index contributed by atoms with van der Waals surface area (Å²) in [6, 6.07) is 19.0. The van der Waals surface area contributed by atoms with Gasteiger partial charge >= 0.3 is 0 Å². The maximum atomic E-state index is 6.01. The largest absolute Gasteiger partial charge is 0.354 e. The predicted molar refractivity (Wildman–Crippen MR) is 78.3 cm³/mol. The van der Waals surface area contributed by atoms with E-state index in [0.29, 0.717) is 0 Å². The van der Waals surface area contributed by atoms with Crippen molar-refractivity contribution in [2.24, 2.45) is 0 Å². The number of anilines is 1. The van der Waals surface area contributed by atoms with Crippen molar-refractivity contribution in [2.75, 3.05) is 18.1 Å². The van der Waals surface area contributed by atoms with E-state index in [-0.39, 0.29) is 6.23 Å². The second kappa shape index (κ2) is 5.45. The lowest BCUT2D eigenvalue weighted by molar-refractivity contribution is 0.0247. The molecule has 0 N–H and O–H groups in total. The van der Waals surface area contributed by atoms with Gasteiger partial charge in [0.15, 0.2) is 6.23 Å². The van der Waals surface area contributed by atoms with Crippen molar-refractivity contribution in [3.8, 4) is 0 Å². The molecule has 98 valence electrons. The molecule has 1 atom stereocenters. The van der Waals surface area contributed by atoms with Crippen LogP contribution in [0.3, 0.4) is 0 Å². The summed E-state index contributed by atoms with van der Waals surface area (Å²) >= 11 is 0. The van der Waals surface area contributed by atoms with Gasteiger partial charge in [-0.25, -0.2) is 0 Å². The molecule has 1 unspecified atom stereocenters. The number of aryl methyl sites for hydroxylation is 1.